The summed E-state index contributed by atoms with van der Waals surface area (Å²) in [6.45, 7) is 4.53. The van der Waals surface area contributed by atoms with Gasteiger partial charge in [-0.25, -0.2) is 9.59 Å². The second kappa shape index (κ2) is 10.4. The zero-order chi connectivity index (χ0) is 18.8. The standard InChI is InChI=1S/C22H26O4/c1-3-5-6-9-15-25-21(23)19-13-7-8-14-20(19)22(24)26-18-12-10-11-17(4-2)16-18/h7-8,10-14,16H,3-6,9,15H2,1-2H3. The van der Waals surface area contributed by atoms with Crippen molar-refractivity contribution in [2.45, 2.75) is 46.0 Å². The Morgan fingerprint density at radius 1 is 0.846 bits per heavy atom. The van der Waals surface area contributed by atoms with Gasteiger partial charge in [0.2, 0.25) is 0 Å². The van der Waals surface area contributed by atoms with E-state index >= 15 is 0 Å². The Morgan fingerprint density at radius 2 is 1.58 bits per heavy atom. The molecule has 2 rings (SSSR count). The van der Waals surface area contributed by atoms with E-state index in [0.29, 0.717) is 12.4 Å². The average molecular weight is 354 g/mol. The lowest BCUT2D eigenvalue weighted by atomic mass is 10.1. The van der Waals surface area contributed by atoms with Gasteiger partial charge in [0, 0.05) is 0 Å². The Balaban J connectivity index is 2.04. The number of rotatable bonds is 9. The molecule has 4 heteroatoms. The van der Waals surface area contributed by atoms with Gasteiger partial charge in [0.05, 0.1) is 17.7 Å². The Kier molecular flexibility index (Phi) is 7.87. The first kappa shape index (κ1) is 19.7. The predicted molar refractivity (Wildman–Crippen MR) is 102 cm³/mol. The highest BCUT2D eigenvalue weighted by Gasteiger charge is 2.19. The molecule has 0 saturated carbocycles. The maximum Gasteiger partial charge on any atom is 0.344 e. The SMILES string of the molecule is CCCCCCOC(=O)c1ccccc1C(=O)Oc1cccc(CC)c1. The maximum atomic E-state index is 12.5. The van der Waals surface area contributed by atoms with Crippen LogP contribution in [-0.2, 0) is 11.2 Å². The van der Waals surface area contributed by atoms with Gasteiger partial charge in [-0.2, -0.15) is 0 Å². The molecule has 0 atom stereocenters. The van der Waals surface area contributed by atoms with Gasteiger partial charge in [0.1, 0.15) is 5.75 Å². The van der Waals surface area contributed by atoms with Crippen molar-refractivity contribution in [2.75, 3.05) is 6.61 Å². The Labute approximate surface area is 155 Å². The minimum atomic E-state index is -0.559. The molecule has 0 aliphatic carbocycles. The van der Waals surface area contributed by atoms with Gasteiger partial charge >= 0.3 is 11.9 Å². The molecule has 0 unspecified atom stereocenters. The molecule has 26 heavy (non-hydrogen) atoms. The lowest BCUT2D eigenvalue weighted by molar-refractivity contribution is 0.0489. The molecular formula is C22H26O4. The number of esters is 2. The van der Waals surface area contributed by atoms with Crippen LogP contribution in [0.1, 0.15) is 65.8 Å². The number of hydrogen-bond acceptors (Lipinski definition) is 4. The highest BCUT2D eigenvalue weighted by molar-refractivity contribution is 6.03. The largest absolute Gasteiger partial charge is 0.462 e. The number of carbonyl (C=O) groups excluding carboxylic acids is 2. The number of benzene rings is 2. The van der Waals surface area contributed by atoms with Gasteiger partial charge in [0.25, 0.3) is 0 Å². The summed E-state index contributed by atoms with van der Waals surface area (Å²) < 4.78 is 10.8. The van der Waals surface area contributed by atoms with Crippen molar-refractivity contribution in [3.63, 3.8) is 0 Å². The van der Waals surface area contributed by atoms with Gasteiger partial charge in [-0.15, -0.1) is 0 Å². The lowest BCUT2D eigenvalue weighted by Gasteiger charge is -2.10. The van der Waals surface area contributed by atoms with E-state index in [1.807, 2.05) is 25.1 Å². The average Bonchev–Trinajstić information content (AvgIpc) is 2.67. The Morgan fingerprint density at radius 3 is 2.27 bits per heavy atom. The molecule has 2 aromatic carbocycles. The van der Waals surface area contributed by atoms with Gasteiger partial charge in [-0.3, -0.25) is 0 Å². The second-order valence-corrected chi connectivity index (χ2v) is 6.13. The molecule has 0 spiro atoms. The van der Waals surface area contributed by atoms with Crippen LogP contribution < -0.4 is 4.74 Å². The van der Waals surface area contributed by atoms with E-state index in [-0.39, 0.29) is 11.1 Å². The molecule has 0 radical (unpaired) electrons. The number of ether oxygens (including phenoxy) is 2. The highest BCUT2D eigenvalue weighted by Crippen LogP contribution is 2.18. The van der Waals surface area contributed by atoms with E-state index in [0.717, 1.165) is 37.7 Å². The molecular weight excluding hydrogens is 328 g/mol. The van der Waals surface area contributed by atoms with E-state index in [9.17, 15) is 9.59 Å². The molecule has 4 nitrogen and oxygen atoms in total. The summed E-state index contributed by atoms with van der Waals surface area (Å²) in [6, 6.07) is 14.0. The van der Waals surface area contributed by atoms with Crippen LogP contribution in [-0.4, -0.2) is 18.5 Å². The number of aryl methyl sites for hydroxylation is 1. The molecule has 0 heterocycles. The first-order valence-corrected chi connectivity index (χ1v) is 9.23. The van der Waals surface area contributed by atoms with Crippen LogP contribution in [0.2, 0.25) is 0 Å². The van der Waals surface area contributed by atoms with E-state index in [1.165, 1.54) is 0 Å². The van der Waals surface area contributed by atoms with Crippen LogP contribution in [0.3, 0.4) is 0 Å². The molecule has 0 saturated heterocycles. The van der Waals surface area contributed by atoms with Crippen LogP contribution >= 0.6 is 0 Å². The van der Waals surface area contributed by atoms with Crippen LogP contribution in [0, 0.1) is 0 Å². The minimum absolute atomic E-state index is 0.216. The van der Waals surface area contributed by atoms with Crippen LogP contribution in [0.15, 0.2) is 48.5 Å². The van der Waals surface area contributed by atoms with Gasteiger partial charge in [-0.1, -0.05) is 57.4 Å². The highest BCUT2D eigenvalue weighted by atomic mass is 16.5. The molecule has 138 valence electrons. The van der Waals surface area contributed by atoms with E-state index in [1.54, 1.807) is 30.3 Å². The zero-order valence-electron chi connectivity index (χ0n) is 15.5. The lowest BCUT2D eigenvalue weighted by Crippen LogP contribution is -2.16. The fraction of sp³-hybridized carbons (Fsp3) is 0.364. The summed E-state index contributed by atoms with van der Waals surface area (Å²) in [5.74, 6) is -0.578. The number of unbranched alkanes of at least 4 members (excludes halogenated alkanes) is 3. The molecule has 2 aromatic rings. The van der Waals surface area contributed by atoms with Crippen molar-refractivity contribution in [1.82, 2.24) is 0 Å². The summed E-state index contributed by atoms with van der Waals surface area (Å²) in [6.07, 6.45) is 4.96. The van der Waals surface area contributed by atoms with E-state index < -0.39 is 11.9 Å². The molecule has 0 aromatic heterocycles. The third kappa shape index (κ3) is 5.73. The summed E-state index contributed by atoms with van der Waals surface area (Å²) in [4.78, 5) is 24.8. The first-order valence-electron chi connectivity index (χ1n) is 9.23. The van der Waals surface area contributed by atoms with Crippen molar-refractivity contribution >= 4 is 11.9 Å². The van der Waals surface area contributed by atoms with Crippen molar-refractivity contribution in [3.05, 3.63) is 65.2 Å². The van der Waals surface area contributed by atoms with Crippen molar-refractivity contribution < 1.29 is 19.1 Å². The van der Waals surface area contributed by atoms with Crippen molar-refractivity contribution in [1.29, 1.82) is 0 Å². The van der Waals surface area contributed by atoms with Crippen molar-refractivity contribution in [3.8, 4) is 5.75 Å². The summed E-state index contributed by atoms with van der Waals surface area (Å²) in [7, 11) is 0. The van der Waals surface area contributed by atoms with E-state index in [2.05, 4.69) is 6.92 Å². The van der Waals surface area contributed by atoms with Crippen LogP contribution in [0.4, 0.5) is 0 Å². The number of carbonyl (C=O) groups is 2. The van der Waals surface area contributed by atoms with E-state index in [4.69, 9.17) is 9.47 Å². The van der Waals surface area contributed by atoms with Crippen LogP contribution in [0.5, 0.6) is 5.75 Å². The normalized spacial score (nSPS) is 10.4. The molecule has 0 fully saturated rings. The Bertz CT molecular complexity index is 736. The molecule has 0 aliphatic heterocycles. The quantitative estimate of drug-likeness (QED) is 0.352. The third-order valence-corrected chi connectivity index (χ3v) is 4.12. The van der Waals surface area contributed by atoms with Crippen molar-refractivity contribution in [2.24, 2.45) is 0 Å². The van der Waals surface area contributed by atoms with Gasteiger partial charge in [0.15, 0.2) is 0 Å². The molecule has 0 amide bonds. The summed E-state index contributed by atoms with van der Waals surface area (Å²) in [5, 5.41) is 0. The number of hydrogen-bond donors (Lipinski definition) is 0. The predicted octanol–water partition coefficient (Wildman–Crippen LogP) is 5.21. The Hall–Kier alpha value is -2.62. The summed E-state index contributed by atoms with van der Waals surface area (Å²) in [5.41, 5.74) is 1.53. The first-order chi connectivity index (χ1) is 12.7. The summed E-state index contributed by atoms with van der Waals surface area (Å²) >= 11 is 0. The molecule has 0 bridgehead atoms. The van der Waals surface area contributed by atoms with Gasteiger partial charge < -0.3 is 9.47 Å². The molecule has 0 N–H and O–H groups in total. The second-order valence-electron chi connectivity index (χ2n) is 6.13. The monoisotopic (exact) mass is 354 g/mol. The van der Waals surface area contributed by atoms with Crippen LogP contribution in [0.25, 0.3) is 0 Å². The minimum Gasteiger partial charge on any atom is -0.462 e. The third-order valence-electron chi connectivity index (χ3n) is 4.12. The zero-order valence-corrected chi connectivity index (χ0v) is 15.5. The topological polar surface area (TPSA) is 52.6 Å². The fourth-order valence-corrected chi connectivity index (χ4v) is 2.60. The molecule has 0 aliphatic rings. The fourth-order valence-electron chi connectivity index (χ4n) is 2.60. The smallest absolute Gasteiger partial charge is 0.344 e. The maximum absolute atomic E-state index is 12.5. The van der Waals surface area contributed by atoms with Gasteiger partial charge in [-0.05, 0) is 42.7 Å².